The number of aromatic hydroxyl groups is 2. The molecule has 2 aliphatic heterocycles. The zero-order valence-electron chi connectivity index (χ0n) is 19.4. The summed E-state index contributed by atoms with van der Waals surface area (Å²) in [6, 6.07) is 8.07. The number of nitrogens with zero attached hydrogens (tertiary/aromatic N) is 3. The van der Waals surface area contributed by atoms with Crippen molar-refractivity contribution in [2.24, 2.45) is 5.92 Å². The summed E-state index contributed by atoms with van der Waals surface area (Å²) in [6.45, 7) is 3.35. The largest absolute Gasteiger partial charge is 0.494 e. The Morgan fingerprint density at radius 2 is 1.86 bits per heavy atom. The van der Waals surface area contributed by atoms with Gasteiger partial charge in [0.05, 0.1) is 45.5 Å². The van der Waals surface area contributed by atoms with Crippen molar-refractivity contribution in [2.45, 2.75) is 50.5 Å². The molecule has 36 heavy (non-hydrogen) atoms. The van der Waals surface area contributed by atoms with Crippen LogP contribution < -0.4 is 0 Å². The summed E-state index contributed by atoms with van der Waals surface area (Å²) in [6.07, 6.45) is -0.533. The van der Waals surface area contributed by atoms with E-state index in [2.05, 4.69) is 4.98 Å². The average Bonchev–Trinajstić information content (AvgIpc) is 3.37. The van der Waals surface area contributed by atoms with E-state index in [1.807, 2.05) is 12.1 Å². The Balaban J connectivity index is 1.55. The van der Waals surface area contributed by atoms with Crippen LogP contribution in [0.15, 0.2) is 42.7 Å². The predicted molar refractivity (Wildman–Crippen MR) is 120 cm³/mol. The van der Waals surface area contributed by atoms with Gasteiger partial charge in [0.2, 0.25) is 11.8 Å². The van der Waals surface area contributed by atoms with Gasteiger partial charge in [-0.25, -0.2) is 0 Å². The first-order valence-electron chi connectivity index (χ1n) is 11.3. The number of alkyl halides is 3. The smallest absolute Gasteiger partial charge is 0.417 e. The number of halogens is 3. The standard InChI is InChI=1S/C26H22F3N3O4/c1-24-12-18(19(33)6-3-14-7-9-31-10-8-14)25(2,36-24)21-20(24)22(34)32(23(21)35)16-5-4-15(13-30)17(11-16)26(27,28)29/h4-5,7-11,18,34-35H,3,6,12H2,1-2H3/t18-,24-,25+/m0/s1. The fraction of sp³-hybridized carbons (Fsp3) is 0.346. The topological polar surface area (TPSA) is 108 Å². The number of hydrogen-bond donors (Lipinski definition) is 2. The molecule has 2 aliphatic rings. The molecule has 2 aromatic heterocycles. The zero-order valence-corrected chi connectivity index (χ0v) is 19.4. The lowest BCUT2D eigenvalue weighted by Gasteiger charge is -2.28. The van der Waals surface area contributed by atoms with Crippen LogP contribution in [-0.4, -0.2) is 25.5 Å². The van der Waals surface area contributed by atoms with Crippen LogP contribution in [0.1, 0.15) is 54.5 Å². The Labute approximate surface area is 204 Å². The number of hydrogen-bond acceptors (Lipinski definition) is 6. The first-order valence-corrected chi connectivity index (χ1v) is 11.3. The molecule has 1 saturated heterocycles. The predicted octanol–water partition coefficient (Wildman–Crippen LogP) is 4.86. The number of rotatable bonds is 5. The van der Waals surface area contributed by atoms with E-state index in [1.165, 1.54) is 12.1 Å². The Hall–Kier alpha value is -3.84. The van der Waals surface area contributed by atoms with E-state index in [0.29, 0.717) is 12.5 Å². The van der Waals surface area contributed by atoms with Crippen molar-refractivity contribution in [3.8, 4) is 23.5 Å². The Kier molecular flexibility index (Phi) is 5.20. The Morgan fingerprint density at radius 3 is 2.50 bits per heavy atom. The maximum atomic E-state index is 13.5. The fourth-order valence-electron chi connectivity index (χ4n) is 5.72. The number of aromatic nitrogens is 2. The highest BCUT2D eigenvalue weighted by molar-refractivity contribution is 5.85. The van der Waals surface area contributed by atoms with E-state index in [1.54, 1.807) is 26.2 Å². The zero-order chi connectivity index (χ0) is 26.0. The van der Waals surface area contributed by atoms with Crippen molar-refractivity contribution in [3.63, 3.8) is 0 Å². The van der Waals surface area contributed by atoms with E-state index in [-0.39, 0.29) is 35.4 Å². The van der Waals surface area contributed by atoms with Gasteiger partial charge >= 0.3 is 6.18 Å². The Morgan fingerprint density at radius 1 is 1.19 bits per heavy atom. The molecule has 2 N–H and O–H groups in total. The van der Waals surface area contributed by atoms with Crippen LogP contribution in [0, 0.1) is 17.2 Å². The molecule has 2 bridgehead atoms. The monoisotopic (exact) mass is 497 g/mol. The first kappa shape index (κ1) is 23.9. The minimum atomic E-state index is -4.81. The fourth-order valence-corrected chi connectivity index (χ4v) is 5.72. The molecule has 1 aromatic carbocycles. The molecule has 5 rings (SSSR count). The van der Waals surface area contributed by atoms with Gasteiger partial charge in [-0.3, -0.25) is 14.3 Å². The number of Topliss-reactive ketones (excluding diaryl/α,β-unsaturated/α-hetero) is 1. The van der Waals surface area contributed by atoms with Crippen molar-refractivity contribution < 1.29 is 32.9 Å². The van der Waals surface area contributed by atoms with Gasteiger partial charge in [-0.2, -0.15) is 18.4 Å². The van der Waals surface area contributed by atoms with Crippen molar-refractivity contribution in [1.82, 2.24) is 9.55 Å². The lowest BCUT2D eigenvalue weighted by atomic mass is 9.70. The number of ketones is 1. The second-order valence-electron chi connectivity index (χ2n) is 9.59. The van der Waals surface area contributed by atoms with Crippen molar-refractivity contribution in [1.29, 1.82) is 5.26 Å². The highest BCUT2D eigenvalue weighted by Gasteiger charge is 2.65. The third-order valence-electron chi connectivity index (χ3n) is 7.33. The number of ether oxygens (including phenoxy) is 1. The van der Waals surface area contributed by atoms with Crippen LogP contribution in [0.2, 0.25) is 0 Å². The second-order valence-corrected chi connectivity index (χ2v) is 9.59. The van der Waals surface area contributed by atoms with Gasteiger partial charge in [-0.1, -0.05) is 0 Å². The molecule has 0 unspecified atom stereocenters. The van der Waals surface area contributed by atoms with Crippen molar-refractivity contribution in [3.05, 3.63) is 70.5 Å². The van der Waals surface area contributed by atoms with Gasteiger partial charge in [0.1, 0.15) is 11.4 Å². The summed E-state index contributed by atoms with van der Waals surface area (Å²) < 4.78 is 47.7. The molecule has 0 amide bonds. The molecule has 0 radical (unpaired) electrons. The molecule has 3 atom stereocenters. The van der Waals surface area contributed by atoms with Gasteiger partial charge in [0.25, 0.3) is 0 Å². The van der Waals surface area contributed by atoms with E-state index < -0.39 is 46.2 Å². The summed E-state index contributed by atoms with van der Waals surface area (Å²) >= 11 is 0. The molecule has 0 aliphatic carbocycles. The molecule has 7 nitrogen and oxygen atoms in total. The second kappa shape index (κ2) is 7.83. The normalized spacial score (nSPS) is 24.5. The van der Waals surface area contributed by atoms with E-state index in [9.17, 15) is 28.2 Å². The maximum Gasteiger partial charge on any atom is 0.417 e. The van der Waals surface area contributed by atoms with Crippen LogP contribution >= 0.6 is 0 Å². The maximum absolute atomic E-state index is 13.5. The highest BCUT2D eigenvalue weighted by Crippen LogP contribution is 2.66. The van der Waals surface area contributed by atoms with Gasteiger partial charge < -0.3 is 14.9 Å². The van der Waals surface area contributed by atoms with Gasteiger partial charge in [-0.05, 0) is 62.6 Å². The molecule has 10 heteroatoms. The van der Waals surface area contributed by atoms with Crippen LogP contribution in [0.3, 0.4) is 0 Å². The molecule has 1 fully saturated rings. The number of carbonyl (C=O) groups excluding carboxylic acids is 1. The Bertz CT molecular complexity index is 1430. The summed E-state index contributed by atoms with van der Waals surface area (Å²) in [5.41, 5.74) is -2.93. The number of aryl methyl sites for hydroxylation is 1. The minimum Gasteiger partial charge on any atom is -0.494 e. The van der Waals surface area contributed by atoms with Crippen LogP contribution in [0.4, 0.5) is 13.2 Å². The summed E-state index contributed by atoms with van der Waals surface area (Å²) in [4.78, 5) is 17.2. The highest BCUT2D eigenvalue weighted by atomic mass is 19.4. The van der Waals surface area contributed by atoms with Gasteiger partial charge in [-0.15, -0.1) is 0 Å². The molecule has 0 saturated carbocycles. The third kappa shape index (κ3) is 3.38. The molecular weight excluding hydrogens is 475 g/mol. The molecule has 4 heterocycles. The quantitative estimate of drug-likeness (QED) is 0.522. The van der Waals surface area contributed by atoms with Gasteiger partial charge in [0.15, 0.2) is 0 Å². The number of pyridine rings is 1. The number of nitriles is 1. The lowest BCUT2D eigenvalue weighted by Crippen LogP contribution is -2.34. The van der Waals surface area contributed by atoms with Crippen LogP contribution in [-0.2, 0) is 33.3 Å². The van der Waals surface area contributed by atoms with E-state index in [0.717, 1.165) is 16.2 Å². The molecule has 0 spiro atoms. The van der Waals surface area contributed by atoms with Crippen LogP contribution in [0.5, 0.6) is 11.8 Å². The summed E-state index contributed by atoms with van der Waals surface area (Å²) in [5.74, 6) is -1.66. The average molecular weight is 497 g/mol. The van der Waals surface area contributed by atoms with E-state index in [4.69, 9.17) is 10.00 Å². The molecular formula is C26H22F3N3O4. The SMILES string of the molecule is C[C@@]12O[C@@](C)(C[C@H]1C(=O)CCc1ccncc1)c1c2c(O)n(-c2ccc(C#N)c(C(F)(F)F)c2)c1O. The first-order chi connectivity index (χ1) is 16.9. The number of benzene rings is 1. The summed E-state index contributed by atoms with van der Waals surface area (Å²) in [5, 5.41) is 31.3. The molecule has 186 valence electrons. The third-order valence-corrected chi connectivity index (χ3v) is 7.33. The number of fused-ring (bicyclic) bond motifs is 5. The minimum absolute atomic E-state index is 0.0759. The van der Waals surface area contributed by atoms with Crippen LogP contribution in [0.25, 0.3) is 5.69 Å². The number of carbonyl (C=O) groups is 1. The summed E-state index contributed by atoms with van der Waals surface area (Å²) in [7, 11) is 0. The van der Waals surface area contributed by atoms with Crippen molar-refractivity contribution >= 4 is 5.78 Å². The van der Waals surface area contributed by atoms with Gasteiger partial charge in [0, 0.05) is 18.8 Å². The van der Waals surface area contributed by atoms with E-state index >= 15 is 0 Å². The lowest BCUT2D eigenvalue weighted by molar-refractivity contribution is -0.137. The molecule has 3 aromatic rings. The van der Waals surface area contributed by atoms with Crippen molar-refractivity contribution in [2.75, 3.05) is 0 Å².